The van der Waals surface area contributed by atoms with E-state index >= 15 is 0 Å². The first kappa shape index (κ1) is 20.0. The van der Waals surface area contributed by atoms with Crippen LogP contribution in [0.1, 0.15) is 37.7 Å². The maximum atomic E-state index is 11.7. The van der Waals surface area contributed by atoms with Crippen molar-refractivity contribution in [1.82, 2.24) is 4.90 Å². The van der Waals surface area contributed by atoms with Crippen molar-refractivity contribution in [3.05, 3.63) is 70.4 Å². The second-order valence-electron chi connectivity index (χ2n) is 7.71. The predicted octanol–water partition coefficient (Wildman–Crippen LogP) is 5.85. The number of nitro benzene ring substituents is 1. The van der Waals surface area contributed by atoms with Crippen LogP contribution in [-0.4, -0.2) is 29.5 Å². The minimum Gasteiger partial charge on any atom is -0.348 e. The zero-order chi connectivity index (χ0) is 20.1. The Kier molecular flexibility index (Phi) is 6.52. The lowest BCUT2D eigenvalue weighted by molar-refractivity contribution is -0.387. The predicted molar refractivity (Wildman–Crippen MR) is 119 cm³/mol. The standard InChI is InChI=1S/C23H27N3O2S/c27-26(28)22-17-19(18-24-13-3-1-4-14-24)7-12-23(22)29-21-10-8-20(9-11-21)25-15-5-2-6-16-25/h5,7-12,15,17H,1-4,6,13-14,16,18H2. The molecule has 0 bridgehead atoms. The van der Waals surface area contributed by atoms with E-state index in [9.17, 15) is 10.1 Å². The van der Waals surface area contributed by atoms with Crippen molar-refractivity contribution in [3.63, 3.8) is 0 Å². The molecule has 0 unspecified atom stereocenters. The van der Waals surface area contributed by atoms with Crippen LogP contribution in [0, 0.1) is 10.1 Å². The number of anilines is 1. The summed E-state index contributed by atoms with van der Waals surface area (Å²) in [7, 11) is 0. The lowest BCUT2D eigenvalue weighted by Gasteiger charge is -2.26. The number of hydrogen-bond acceptors (Lipinski definition) is 5. The smallest absolute Gasteiger partial charge is 0.283 e. The first-order valence-electron chi connectivity index (χ1n) is 10.4. The zero-order valence-electron chi connectivity index (χ0n) is 16.6. The van der Waals surface area contributed by atoms with Gasteiger partial charge in [-0.25, -0.2) is 0 Å². The second-order valence-corrected chi connectivity index (χ2v) is 8.83. The fourth-order valence-electron chi connectivity index (χ4n) is 3.97. The molecule has 2 aromatic carbocycles. The lowest BCUT2D eigenvalue weighted by Crippen LogP contribution is -2.29. The van der Waals surface area contributed by atoms with E-state index in [0.29, 0.717) is 4.90 Å². The molecular formula is C23H27N3O2S. The van der Waals surface area contributed by atoms with Crippen LogP contribution in [0.3, 0.4) is 0 Å². The quantitative estimate of drug-likeness (QED) is 0.443. The summed E-state index contributed by atoms with van der Waals surface area (Å²) in [6.07, 6.45) is 10.4. The molecule has 0 amide bonds. The molecule has 0 atom stereocenters. The normalized spacial score (nSPS) is 17.4. The second kappa shape index (κ2) is 9.46. The van der Waals surface area contributed by atoms with Crippen molar-refractivity contribution in [3.8, 4) is 0 Å². The maximum Gasteiger partial charge on any atom is 0.283 e. The maximum absolute atomic E-state index is 11.7. The summed E-state index contributed by atoms with van der Waals surface area (Å²) >= 11 is 1.46. The summed E-state index contributed by atoms with van der Waals surface area (Å²) in [6, 6.07) is 14.0. The minimum absolute atomic E-state index is 0.201. The molecule has 29 heavy (non-hydrogen) atoms. The number of piperidine rings is 1. The highest BCUT2D eigenvalue weighted by Crippen LogP contribution is 2.36. The van der Waals surface area contributed by atoms with Crippen molar-refractivity contribution in [2.45, 2.75) is 48.4 Å². The number of likely N-dealkylation sites (tertiary alicyclic amines) is 1. The fraction of sp³-hybridized carbons (Fsp3) is 0.391. The van der Waals surface area contributed by atoms with E-state index in [1.807, 2.05) is 24.3 Å². The van der Waals surface area contributed by atoms with E-state index in [4.69, 9.17) is 0 Å². The van der Waals surface area contributed by atoms with Gasteiger partial charge in [0.2, 0.25) is 0 Å². The van der Waals surface area contributed by atoms with Crippen LogP contribution < -0.4 is 4.90 Å². The van der Waals surface area contributed by atoms with Gasteiger partial charge in [0.05, 0.1) is 9.82 Å². The molecule has 2 aliphatic rings. The Morgan fingerprint density at radius 3 is 2.45 bits per heavy atom. The molecular weight excluding hydrogens is 382 g/mol. The van der Waals surface area contributed by atoms with Crippen molar-refractivity contribution in [2.75, 3.05) is 24.5 Å². The average molecular weight is 410 g/mol. The molecule has 0 aliphatic carbocycles. The van der Waals surface area contributed by atoms with Gasteiger partial charge in [-0.1, -0.05) is 30.3 Å². The van der Waals surface area contributed by atoms with Crippen molar-refractivity contribution < 1.29 is 4.92 Å². The van der Waals surface area contributed by atoms with Gasteiger partial charge < -0.3 is 4.90 Å². The molecule has 2 aliphatic heterocycles. The van der Waals surface area contributed by atoms with Gasteiger partial charge in [0.1, 0.15) is 0 Å². The largest absolute Gasteiger partial charge is 0.348 e. The molecule has 2 aromatic rings. The molecule has 0 aromatic heterocycles. The van der Waals surface area contributed by atoms with Crippen molar-refractivity contribution in [1.29, 1.82) is 0 Å². The molecule has 1 saturated heterocycles. The van der Waals surface area contributed by atoms with Crippen LogP contribution in [-0.2, 0) is 6.54 Å². The number of nitro groups is 1. The Balaban J connectivity index is 1.47. The van der Waals surface area contributed by atoms with E-state index < -0.39 is 0 Å². The van der Waals surface area contributed by atoms with Crippen molar-refractivity contribution >= 4 is 23.1 Å². The average Bonchev–Trinajstić information content (AvgIpc) is 2.76. The van der Waals surface area contributed by atoms with E-state index in [-0.39, 0.29) is 10.6 Å². The van der Waals surface area contributed by atoms with E-state index in [1.165, 1.54) is 37.4 Å². The van der Waals surface area contributed by atoms with Crippen LogP contribution in [0.2, 0.25) is 0 Å². The van der Waals surface area contributed by atoms with Gasteiger partial charge >= 0.3 is 0 Å². The van der Waals surface area contributed by atoms with E-state index in [1.54, 1.807) is 6.07 Å². The molecule has 0 spiro atoms. The lowest BCUT2D eigenvalue weighted by atomic mass is 10.1. The van der Waals surface area contributed by atoms with Gasteiger partial charge in [-0.05, 0) is 74.7 Å². The van der Waals surface area contributed by atoms with Crippen LogP contribution in [0.4, 0.5) is 11.4 Å². The third-order valence-corrected chi connectivity index (χ3v) is 6.60. The van der Waals surface area contributed by atoms with Crippen LogP contribution >= 0.6 is 11.8 Å². The summed E-state index contributed by atoms with van der Waals surface area (Å²) in [6.45, 7) is 4.00. The van der Waals surface area contributed by atoms with Crippen LogP contribution in [0.5, 0.6) is 0 Å². The van der Waals surface area contributed by atoms with Gasteiger partial charge in [-0.3, -0.25) is 15.0 Å². The first-order chi connectivity index (χ1) is 14.2. The molecule has 4 rings (SSSR count). The molecule has 5 nitrogen and oxygen atoms in total. The van der Waals surface area contributed by atoms with Crippen LogP contribution in [0.15, 0.2) is 64.5 Å². The Morgan fingerprint density at radius 1 is 0.966 bits per heavy atom. The summed E-state index contributed by atoms with van der Waals surface area (Å²) in [5.74, 6) is 0. The summed E-state index contributed by atoms with van der Waals surface area (Å²) in [4.78, 5) is 17.8. The molecule has 1 fully saturated rings. The Bertz CT molecular complexity index is 876. The van der Waals surface area contributed by atoms with Gasteiger partial charge in [0.15, 0.2) is 0 Å². The SMILES string of the molecule is O=[N+]([O-])c1cc(CN2CCCCC2)ccc1Sc1ccc(N2C=CCCC2)cc1. The van der Waals surface area contributed by atoms with Gasteiger partial charge in [-0.2, -0.15) is 0 Å². The highest BCUT2D eigenvalue weighted by molar-refractivity contribution is 7.99. The molecule has 0 saturated carbocycles. The number of rotatable bonds is 6. The summed E-state index contributed by atoms with van der Waals surface area (Å²) in [5.41, 5.74) is 2.39. The number of nitrogens with zero attached hydrogens (tertiary/aromatic N) is 3. The highest BCUT2D eigenvalue weighted by Gasteiger charge is 2.18. The van der Waals surface area contributed by atoms with Crippen molar-refractivity contribution in [2.24, 2.45) is 0 Å². The third kappa shape index (κ3) is 5.19. The molecule has 2 heterocycles. The van der Waals surface area contributed by atoms with E-state index in [0.717, 1.165) is 48.7 Å². The number of allylic oxidation sites excluding steroid dienone is 1. The molecule has 152 valence electrons. The third-order valence-electron chi connectivity index (χ3n) is 5.53. The monoisotopic (exact) mass is 409 g/mol. The van der Waals surface area contributed by atoms with Gasteiger partial charge in [0.25, 0.3) is 5.69 Å². The first-order valence-corrected chi connectivity index (χ1v) is 11.2. The Morgan fingerprint density at radius 2 is 1.76 bits per heavy atom. The number of hydrogen-bond donors (Lipinski definition) is 0. The summed E-state index contributed by atoms with van der Waals surface area (Å²) in [5, 5.41) is 11.7. The summed E-state index contributed by atoms with van der Waals surface area (Å²) < 4.78 is 0. The van der Waals surface area contributed by atoms with Gasteiger partial charge in [0, 0.05) is 35.9 Å². The Labute approximate surface area is 176 Å². The van der Waals surface area contributed by atoms with Crippen LogP contribution in [0.25, 0.3) is 0 Å². The van der Waals surface area contributed by atoms with E-state index in [2.05, 4.69) is 34.2 Å². The number of benzene rings is 2. The minimum atomic E-state index is -0.255. The highest BCUT2D eigenvalue weighted by atomic mass is 32.2. The molecule has 0 radical (unpaired) electrons. The molecule has 6 heteroatoms. The topological polar surface area (TPSA) is 49.6 Å². The molecule has 0 N–H and O–H groups in total. The Hall–Kier alpha value is -2.31. The van der Waals surface area contributed by atoms with Gasteiger partial charge in [-0.15, -0.1) is 0 Å². The fourth-order valence-corrected chi connectivity index (χ4v) is 4.87. The zero-order valence-corrected chi connectivity index (χ0v) is 17.4.